The van der Waals surface area contributed by atoms with E-state index in [1.165, 1.54) is 0 Å². The summed E-state index contributed by atoms with van der Waals surface area (Å²) in [7, 11) is 0. The summed E-state index contributed by atoms with van der Waals surface area (Å²) < 4.78 is 5.56. The van der Waals surface area contributed by atoms with Gasteiger partial charge < -0.3 is 4.74 Å². The first kappa shape index (κ1) is 11.4. The molecule has 18 heavy (non-hydrogen) atoms. The standard InChI is InChI=1S/C13H16N4O/c1-2-5-14-11(3-1)9-17-7-8-18-10-13(17)12-4-6-15-16-12/h1-6,13H,7-10H2,(H,15,16). The lowest BCUT2D eigenvalue weighted by atomic mass is 10.1. The van der Waals surface area contributed by atoms with E-state index >= 15 is 0 Å². The van der Waals surface area contributed by atoms with Gasteiger partial charge >= 0.3 is 0 Å². The highest BCUT2D eigenvalue weighted by molar-refractivity contribution is 5.09. The quantitative estimate of drug-likeness (QED) is 0.886. The molecule has 0 amide bonds. The van der Waals surface area contributed by atoms with Gasteiger partial charge in [-0.2, -0.15) is 5.10 Å². The predicted octanol–water partition coefficient (Wildman–Crippen LogP) is 1.38. The van der Waals surface area contributed by atoms with Crippen molar-refractivity contribution in [3.05, 3.63) is 48.0 Å². The topological polar surface area (TPSA) is 54.0 Å². The van der Waals surface area contributed by atoms with Crippen LogP contribution < -0.4 is 0 Å². The largest absolute Gasteiger partial charge is 0.378 e. The fraction of sp³-hybridized carbons (Fsp3) is 0.385. The van der Waals surface area contributed by atoms with Crippen molar-refractivity contribution >= 4 is 0 Å². The van der Waals surface area contributed by atoms with E-state index in [1.54, 1.807) is 6.20 Å². The minimum Gasteiger partial charge on any atom is -0.378 e. The molecule has 1 atom stereocenters. The number of hydrogen-bond acceptors (Lipinski definition) is 4. The molecule has 94 valence electrons. The van der Waals surface area contributed by atoms with Crippen LogP contribution in [0.2, 0.25) is 0 Å². The molecule has 0 aliphatic carbocycles. The van der Waals surface area contributed by atoms with Crippen molar-refractivity contribution in [3.8, 4) is 0 Å². The van der Waals surface area contributed by atoms with Crippen molar-refractivity contribution < 1.29 is 4.74 Å². The number of nitrogens with zero attached hydrogens (tertiary/aromatic N) is 3. The van der Waals surface area contributed by atoms with E-state index in [1.807, 2.05) is 24.4 Å². The lowest BCUT2D eigenvalue weighted by Gasteiger charge is -2.34. The third kappa shape index (κ3) is 2.42. The maximum Gasteiger partial charge on any atom is 0.0756 e. The highest BCUT2D eigenvalue weighted by Crippen LogP contribution is 2.23. The van der Waals surface area contributed by atoms with Gasteiger partial charge in [-0.15, -0.1) is 0 Å². The second kappa shape index (κ2) is 5.29. The number of rotatable bonds is 3. The Hall–Kier alpha value is -1.72. The van der Waals surface area contributed by atoms with Gasteiger partial charge in [0.1, 0.15) is 0 Å². The molecule has 0 bridgehead atoms. The van der Waals surface area contributed by atoms with Gasteiger partial charge in [0, 0.05) is 25.5 Å². The number of aromatic nitrogens is 3. The Morgan fingerprint density at radius 2 is 2.33 bits per heavy atom. The van der Waals surface area contributed by atoms with Crippen LogP contribution in [0.4, 0.5) is 0 Å². The third-order valence-corrected chi connectivity index (χ3v) is 3.21. The molecule has 1 aliphatic rings. The lowest BCUT2D eigenvalue weighted by Crippen LogP contribution is -2.39. The Labute approximate surface area is 106 Å². The number of nitrogens with one attached hydrogen (secondary N) is 1. The number of morpholine rings is 1. The average molecular weight is 244 g/mol. The van der Waals surface area contributed by atoms with E-state index in [4.69, 9.17) is 4.74 Å². The van der Waals surface area contributed by atoms with Crippen molar-refractivity contribution in [2.75, 3.05) is 19.8 Å². The summed E-state index contributed by atoms with van der Waals surface area (Å²) in [6.45, 7) is 3.24. The fourth-order valence-corrected chi connectivity index (χ4v) is 2.27. The minimum absolute atomic E-state index is 0.239. The van der Waals surface area contributed by atoms with Crippen LogP contribution in [-0.4, -0.2) is 39.8 Å². The minimum atomic E-state index is 0.239. The first-order valence-electron chi connectivity index (χ1n) is 6.14. The summed E-state index contributed by atoms with van der Waals surface area (Å²) >= 11 is 0. The van der Waals surface area contributed by atoms with Crippen LogP contribution in [0.5, 0.6) is 0 Å². The molecular weight excluding hydrogens is 228 g/mol. The van der Waals surface area contributed by atoms with Gasteiger partial charge in [-0.05, 0) is 18.2 Å². The molecule has 5 nitrogen and oxygen atoms in total. The second-order valence-corrected chi connectivity index (χ2v) is 4.39. The summed E-state index contributed by atoms with van der Waals surface area (Å²) in [6, 6.07) is 8.26. The lowest BCUT2D eigenvalue weighted by molar-refractivity contribution is -0.0148. The van der Waals surface area contributed by atoms with Gasteiger partial charge in [0.15, 0.2) is 0 Å². The number of aromatic amines is 1. The van der Waals surface area contributed by atoms with Crippen molar-refractivity contribution in [2.24, 2.45) is 0 Å². The van der Waals surface area contributed by atoms with Crippen molar-refractivity contribution in [1.29, 1.82) is 0 Å². The van der Waals surface area contributed by atoms with Gasteiger partial charge in [-0.25, -0.2) is 0 Å². The smallest absolute Gasteiger partial charge is 0.0756 e. The third-order valence-electron chi connectivity index (χ3n) is 3.21. The van der Waals surface area contributed by atoms with E-state index in [2.05, 4.69) is 26.1 Å². The van der Waals surface area contributed by atoms with Crippen LogP contribution in [-0.2, 0) is 11.3 Å². The van der Waals surface area contributed by atoms with Crippen LogP contribution in [0.25, 0.3) is 0 Å². The summed E-state index contributed by atoms with van der Waals surface area (Å²) in [5.41, 5.74) is 2.19. The molecule has 5 heteroatoms. The molecule has 1 fully saturated rings. The van der Waals surface area contributed by atoms with Crippen LogP contribution in [0, 0.1) is 0 Å². The first-order valence-corrected chi connectivity index (χ1v) is 6.14. The number of ether oxygens (including phenoxy) is 1. The molecule has 1 unspecified atom stereocenters. The van der Waals surface area contributed by atoms with Crippen molar-refractivity contribution in [1.82, 2.24) is 20.1 Å². The normalized spacial score (nSPS) is 21.0. The zero-order chi connectivity index (χ0) is 12.2. The molecule has 1 N–H and O–H groups in total. The molecule has 0 saturated carbocycles. The first-order chi connectivity index (χ1) is 8.93. The number of H-pyrrole nitrogens is 1. The average Bonchev–Trinajstić information content (AvgIpc) is 2.94. The van der Waals surface area contributed by atoms with E-state index in [9.17, 15) is 0 Å². The predicted molar refractivity (Wildman–Crippen MR) is 66.8 cm³/mol. The van der Waals surface area contributed by atoms with Crippen molar-refractivity contribution in [2.45, 2.75) is 12.6 Å². The van der Waals surface area contributed by atoms with E-state index in [-0.39, 0.29) is 6.04 Å². The molecule has 2 aromatic rings. The Morgan fingerprint density at radius 3 is 3.11 bits per heavy atom. The van der Waals surface area contributed by atoms with Gasteiger partial charge in [0.25, 0.3) is 0 Å². The molecule has 0 radical (unpaired) electrons. The Kier molecular flexibility index (Phi) is 3.34. The van der Waals surface area contributed by atoms with Crippen LogP contribution in [0.3, 0.4) is 0 Å². The van der Waals surface area contributed by atoms with E-state index < -0.39 is 0 Å². The van der Waals surface area contributed by atoms with Gasteiger partial charge in [-0.1, -0.05) is 6.07 Å². The second-order valence-electron chi connectivity index (χ2n) is 4.39. The highest BCUT2D eigenvalue weighted by Gasteiger charge is 2.25. The van der Waals surface area contributed by atoms with Gasteiger partial charge in [0.2, 0.25) is 0 Å². The summed E-state index contributed by atoms with van der Waals surface area (Å²) in [4.78, 5) is 6.75. The number of pyridine rings is 1. The summed E-state index contributed by atoms with van der Waals surface area (Å²) in [5.74, 6) is 0. The molecular formula is C13H16N4O. The molecule has 0 spiro atoms. The zero-order valence-corrected chi connectivity index (χ0v) is 10.1. The monoisotopic (exact) mass is 244 g/mol. The van der Waals surface area contributed by atoms with E-state index in [0.29, 0.717) is 6.61 Å². The maximum absolute atomic E-state index is 5.56. The molecule has 3 heterocycles. The maximum atomic E-state index is 5.56. The SMILES string of the molecule is c1ccc(CN2CCOCC2c2ccn[nH]2)nc1. The summed E-state index contributed by atoms with van der Waals surface area (Å²) in [5, 5.41) is 7.05. The molecule has 1 saturated heterocycles. The Bertz CT molecular complexity index is 471. The van der Waals surface area contributed by atoms with Gasteiger partial charge in [0.05, 0.1) is 30.6 Å². The molecule has 3 rings (SSSR count). The molecule has 2 aromatic heterocycles. The fourth-order valence-electron chi connectivity index (χ4n) is 2.27. The Morgan fingerprint density at radius 1 is 1.33 bits per heavy atom. The number of hydrogen-bond donors (Lipinski definition) is 1. The van der Waals surface area contributed by atoms with Crippen LogP contribution in [0.1, 0.15) is 17.4 Å². The van der Waals surface area contributed by atoms with Crippen LogP contribution >= 0.6 is 0 Å². The molecule has 1 aliphatic heterocycles. The zero-order valence-electron chi connectivity index (χ0n) is 10.1. The van der Waals surface area contributed by atoms with Crippen molar-refractivity contribution in [3.63, 3.8) is 0 Å². The highest BCUT2D eigenvalue weighted by atomic mass is 16.5. The summed E-state index contributed by atoms with van der Waals surface area (Å²) in [6.07, 6.45) is 3.61. The van der Waals surface area contributed by atoms with Crippen LogP contribution in [0.15, 0.2) is 36.7 Å². The molecule has 0 aromatic carbocycles. The van der Waals surface area contributed by atoms with Gasteiger partial charge in [-0.3, -0.25) is 15.0 Å². The Balaban J connectivity index is 1.76. The van der Waals surface area contributed by atoms with E-state index in [0.717, 1.165) is 31.1 Å².